The van der Waals surface area contributed by atoms with Gasteiger partial charge >= 0.3 is 0 Å². The number of rotatable bonds is 1. The van der Waals surface area contributed by atoms with Crippen LogP contribution in [0.15, 0.2) is 5.51 Å². The summed E-state index contributed by atoms with van der Waals surface area (Å²) < 4.78 is 1.66. The molecule has 2 aromatic rings. The standard InChI is InChI=1S/C6H5N3OS/c1-4-5(2-10)8-6-9(4)7-3-11-6/h2-3H,1H3. The molecule has 11 heavy (non-hydrogen) atoms. The zero-order chi connectivity index (χ0) is 7.84. The lowest BCUT2D eigenvalue weighted by Gasteiger charge is -1.83. The van der Waals surface area contributed by atoms with E-state index in [9.17, 15) is 4.79 Å². The summed E-state index contributed by atoms with van der Waals surface area (Å²) in [5.74, 6) is 0. The van der Waals surface area contributed by atoms with Crippen molar-refractivity contribution in [3.8, 4) is 0 Å². The monoisotopic (exact) mass is 167 g/mol. The molecule has 0 amide bonds. The SMILES string of the molecule is Cc1c(C=O)nc2scnn12. The predicted octanol–water partition coefficient (Wildman–Crippen LogP) is 0.912. The summed E-state index contributed by atoms with van der Waals surface area (Å²) in [6.07, 6.45) is 0.747. The number of imidazole rings is 1. The van der Waals surface area contributed by atoms with Crippen molar-refractivity contribution < 1.29 is 4.79 Å². The van der Waals surface area contributed by atoms with Gasteiger partial charge in [-0.3, -0.25) is 4.79 Å². The molecule has 0 aliphatic carbocycles. The highest BCUT2D eigenvalue weighted by molar-refractivity contribution is 7.14. The van der Waals surface area contributed by atoms with E-state index in [0.29, 0.717) is 5.69 Å². The molecule has 0 aliphatic rings. The van der Waals surface area contributed by atoms with Crippen LogP contribution in [0.4, 0.5) is 0 Å². The van der Waals surface area contributed by atoms with Crippen LogP contribution in [-0.2, 0) is 0 Å². The Kier molecular flexibility index (Phi) is 1.25. The van der Waals surface area contributed by atoms with Crippen molar-refractivity contribution in [2.45, 2.75) is 6.92 Å². The number of hydrogen-bond donors (Lipinski definition) is 0. The van der Waals surface area contributed by atoms with Crippen molar-refractivity contribution in [2.75, 3.05) is 0 Å². The third kappa shape index (κ3) is 0.775. The lowest BCUT2D eigenvalue weighted by Crippen LogP contribution is -1.88. The molecule has 0 saturated heterocycles. The number of carbonyl (C=O) groups is 1. The Hall–Kier alpha value is -1.23. The van der Waals surface area contributed by atoms with E-state index in [1.807, 2.05) is 6.92 Å². The maximum atomic E-state index is 10.4. The smallest absolute Gasteiger partial charge is 0.212 e. The summed E-state index contributed by atoms with van der Waals surface area (Å²) in [5.41, 5.74) is 2.98. The van der Waals surface area contributed by atoms with Crippen LogP contribution < -0.4 is 0 Å². The van der Waals surface area contributed by atoms with Crippen molar-refractivity contribution in [2.24, 2.45) is 0 Å². The van der Waals surface area contributed by atoms with Crippen molar-refractivity contribution in [3.05, 3.63) is 16.9 Å². The van der Waals surface area contributed by atoms with Crippen LogP contribution >= 0.6 is 11.3 Å². The number of nitrogens with zero attached hydrogens (tertiary/aromatic N) is 3. The van der Waals surface area contributed by atoms with Gasteiger partial charge in [-0.05, 0) is 6.92 Å². The van der Waals surface area contributed by atoms with Crippen LogP contribution in [-0.4, -0.2) is 20.9 Å². The summed E-state index contributed by atoms with van der Waals surface area (Å²) >= 11 is 1.42. The molecular formula is C6H5N3OS. The second-order valence-electron chi connectivity index (χ2n) is 2.13. The zero-order valence-electron chi connectivity index (χ0n) is 5.81. The van der Waals surface area contributed by atoms with Gasteiger partial charge in [-0.2, -0.15) is 5.10 Å². The molecule has 0 spiro atoms. The van der Waals surface area contributed by atoms with E-state index in [0.717, 1.165) is 16.9 Å². The second kappa shape index (κ2) is 2.13. The molecule has 0 bridgehead atoms. The Morgan fingerprint density at radius 3 is 3.18 bits per heavy atom. The summed E-state index contributed by atoms with van der Waals surface area (Å²) in [5, 5.41) is 4.00. The molecule has 4 nitrogen and oxygen atoms in total. The van der Waals surface area contributed by atoms with E-state index in [4.69, 9.17) is 0 Å². The molecule has 0 N–H and O–H groups in total. The molecule has 0 aliphatic heterocycles. The average Bonchev–Trinajstić information content (AvgIpc) is 2.53. The lowest BCUT2D eigenvalue weighted by atomic mass is 10.4. The molecule has 56 valence electrons. The number of aryl methyl sites for hydroxylation is 1. The summed E-state index contributed by atoms with van der Waals surface area (Å²) in [7, 11) is 0. The quantitative estimate of drug-likeness (QED) is 0.593. The van der Waals surface area contributed by atoms with Crippen LogP contribution in [0.3, 0.4) is 0 Å². The van der Waals surface area contributed by atoms with Crippen molar-refractivity contribution in [3.63, 3.8) is 0 Å². The van der Waals surface area contributed by atoms with Crippen molar-refractivity contribution in [1.29, 1.82) is 0 Å². The number of aromatic nitrogens is 3. The molecule has 0 unspecified atom stereocenters. The van der Waals surface area contributed by atoms with Crippen LogP contribution in [0.1, 0.15) is 16.2 Å². The van der Waals surface area contributed by atoms with Crippen LogP contribution in [0.5, 0.6) is 0 Å². The van der Waals surface area contributed by atoms with E-state index >= 15 is 0 Å². The van der Waals surface area contributed by atoms with E-state index in [1.54, 1.807) is 10.0 Å². The third-order valence-corrected chi connectivity index (χ3v) is 2.19. The fourth-order valence-corrected chi connectivity index (χ4v) is 1.60. The highest BCUT2D eigenvalue weighted by Gasteiger charge is 2.07. The Labute approximate surface area is 66.5 Å². The molecule has 0 atom stereocenters. The van der Waals surface area contributed by atoms with Gasteiger partial charge < -0.3 is 0 Å². The number of aldehydes is 1. The van der Waals surface area contributed by atoms with Gasteiger partial charge in [-0.15, -0.1) is 0 Å². The normalized spacial score (nSPS) is 10.6. The van der Waals surface area contributed by atoms with Gasteiger partial charge in [0.25, 0.3) is 0 Å². The molecule has 0 fully saturated rings. The molecule has 0 radical (unpaired) electrons. The van der Waals surface area contributed by atoms with Crippen LogP contribution in [0, 0.1) is 6.92 Å². The maximum Gasteiger partial charge on any atom is 0.212 e. The first-order chi connectivity index (χ1) is 5.33. The van der Waals surface area contributed by atoms with Gasteiger partial charge in [-0.25, -0.2) is 9.50 Å². The van der Waals surface area contributed by atoms with Gasteiger partial charge in [0.05, 0.1) is 5.69 Å². The largest absolute Gasteiger partial charge is 0.296 e. The van der Waals surface area contributed by atoms with Crippen LogP contribution in [0.2, 0.25) is 0 Å². The number of fused-ring (bicyclic) bond motifs is 1. The molecule has 2 rings (SSSR count). The molecule has 0 aromatic carbocycles. The molecular weight excluding hydrogens is 162 g/mol. The Morgan fingerprint density at radius 2 is 2.55 bits per heavy atom. The molecule has 2 heterocycles. The van der Waals surface area contributed by atoms with E-state index in [-0.39, 0.29) is 0 Å². The summed E-state index contributed by atoms with van der Waals surface area (Å²) in [6, 6.07) is 0. The third-order valence-electron chi connectivity index (χ3n) is 1.52. The van der Waals surface area contributed by atoms with Gasteiger partial charge in [0.15, 0.2) is 6.29 Å². The zero-order valence-corrected chi connectivity index (χ0v) is 6.63. The van der Waals surface area contributed by atoms with Gasteiger partial charge in [0.1, 0.15) is 11.2 Å². The van der Waals surface area contributed by atoms with Gasteiger partial charge in [0.2, 0.25) is 4.96 Å². The maximum absolute atomic E-state index is 10.4. The van der Waals surface area contributed by atoms with Crippen LogP contribution in [0.25, 0.3) is 4.96 Å². The van der Waals surface area contributed by atoms with E-state index in [1.165, 1.54) is 11.3 Å². The van der Waals surface area contributed by atoms with E-state index < -0.39 is 0 Å². The summed E-state index contributed by atoms with van der Waals surface area (Å²) in [4.78, 5) is 15.2. The summed E-state index contributed by atoms with van der Waals surface area (Å²) in [6.45, 7) is 1.82. The first kappa shape index (κ1) is 6.48. The topological polar surface area (TPSA) is 47.3 Å². The highest BCUT2D eigenvalue weighted by atomic mass is 32.1. The first-order valence-corrected chi connectivity index (χ1v) is 3.95. The minimum absolute atomic E-state index is 0.476. The van der Waals surface area contributed by atoms with Gasteiger partial charge in [-0.1, -0.05) is 11.3 Å². The van der Waals surface area contributed by atoms with Gasteiger partial charge in [0, 0.05) is 0 Å². The lowest BCUT2D eigenvalue weighted by molar-refractivity contribution is 0.111. The molecule has 2 aromatic heterocycles. The highest BCUT2D eigenvalue weighted by Crippen LogP contribution is 2.12. The van der Waals surface area contributed by atoms with E-state index in [2.05, 4.69) is 10.1 Å². The molecule has 5 heteroatoms. The number of hydrogen-bond acceptors (Lipinski definition) is 4. The molecule has 0 saturated carbocycles. The minimum Gasteiger partial charge on any atom is -0.296 e. The number of carbonyl (C=O) groups excluding carboxylic acids is 1. The van der Waals surface area contributed by atoms with Crippen molar-refractivity contribution in [1.82, 2.24) is 14.6 Å². The average molecular weight is 167 g/mol. The first-order valence-electron chi connectivity index (χ1n) is 3.07. The van der Waals surface area contributed by atoms with Crippen molar-refractivity contribution >= 4 is 22.6 Å². The minimum atomic E-state index is 0.476. The second-order valence-corrected chi connectivity index (χ2v) is 2.95. The fourth-order valence-electron chi connectivity index (χ4n) is 0.925. The fraction of sp³-hybridized carbons (Fsp3) is 0.167. The predicted molar refractivity (Wildman–Crippen MR) is 41.0 cm³/mol. The Balaban J connectivity index is 2.86. The Morgan fingerprint density at radius 1 is 1.73 bits per heavy atom. The Bertz CT molecular complexity index is 403.